The van der Waals surface area contributed by atoms with Crippen molar-refractivity contribution in [2.24, 2.45) is 5.92 Å². The highest BCUT2D eigenvalue weighted by Crippen LogP contribution is 2.32. The molecule has 0 heterocycles. The van der Waals surface area contributed by atoms with Crippen molar-refractivity contribution >= 4 is 5.78 Å². The number of hydrogen-bond donors (Lipinski definition) is 0. The van der Waals surface area contributed by atoms with Gasteiger partial charge in [0.1, 0.15) is 5.78 Å². The van der Waals surface area contributed by atoms with Crippen LogP contribution in [0.15, 0.2) is 0 Å². The molecule has 1 aliphatic carbocycles. The van der Waals surface area contributed by atoms with Gasteiger partial charge in [-0.2, -0.15) is 0 Å². The van der Waals surface area contributed by atoms with Crippen LogP contribution in [-0.2, 0) is 4.79 Å². The summed E-state index contributed by atoms with van der Waals surface area (Å²) in [5.41, 5.74) is -0.948. The monoisotopic (exact) mass is 185 g/mol. The molecule has 4 nitrogen and oxygen atoms in total. The second-order valence-corrected chi connectivity index (χ2v) is 4.24. The minimum Gasteiger partial charge on any atom is -0.300 e. The molecule has 0 aromatic heterocycles. The molecular formula is C9H15NO3. The Balaban J connectivity index is 2.70. The molecule has 0 amide bonds. The van der Waals surface area contributed by atoms with Gasteiger partial charge in [0.2, 0.25) is 5.54 Å². The van der Waals surface area contributed by atoms with E-state index in [-0.39, 0.29) is 16.6 Å². The van der Waals surface area contributed by atoms with Crippen molar-refractivity contribution in [3.8, 4) is 0 Å². The fourth-order valence-corrected chi connectivity index (χ4v) is 1.78. The Hall–Kier alpha value is -0.930. The van der Waals surface area contributed by atoms with E-state index in [0.29, 0.717) is 12.8 Å². The van der Waals surface area contributed by atoms with Crippen LogP contribution < -0.4 is 0 Å². The maximum absolute atomic E-state index is 11.1. The first-order valence-electron chi connectivity index (χ1n) is 4.61. The highest BCUT2D eigenvalue weighted by molar-refractivity contribution is 5.79. The summed E-state index contributed by atoms with van der Waals surface area (Å²) < 4.78 is 0. The zero-order valence-electron chi connectivity index (χ0n) is 8.08. The van der Waals surface area contributed by atoms with Gasteiger partial charge in [0.25, 0.3) is 0 Å². The van der Waals surface area contributed by atoms with Crippen LogP contribution in [0.4, 0.5) is 0 Å². The van der Waals surface area contributed by atoms with Crippen LogP contribution in [0, 0.1) is 16.0 Å². The first-order valence-corrected chi connectivity index (χ1v) is 4.61. The molecule has 0 aromatic rings. The Morgan fingerprint density at radius 1 is 1.54 bits per heavy atom. The van der Waals surface area contributed by atoms with Gasteiger partial charge < -0.3 is 0 Å². The van der Waals surface area contributed by atoms with Gasteiger partial charge in [-0.15, -0.1) is 0 Å². The average Bonchev–Trinajstić information content (AvgIpc) is 2.04. The number of hydrogen-bond acceptors (Lipinski definition) is 3. The standard InChI is InChI=1S/C9H15NO3/c1-9(2,10(12)13)7-4-3-5-8(11)6-7/h7H,3-6H2,1-2H3/t7-/m1/s1. The van der Waals surface area contributed by atoms with Gasteiger partial charge in [-0.1, -0.05) is 0 Å². The summed E-state index contributed by atoms with van der Waals surface area (Å²) in [6.07, 6.45) is 2.60. The van der Waals surface area contributed by atoms with E-state index >= 15 is 0 Å². The third-order valence-corrected chi connectivity index (χ3v) is 2.95. The van der Waals surface area contributed by atoms with Crippen LogP contribution in [0.2, 0.25) is 0 Å². The van der Waals surface area contributed by atoms with Crippen molar-refractivity contribution in [3.63, 3.8) is 0 Å². The van der Waals surface area contributed by atoms with Crippen LogP contribution in [0.3, 0.4) is 0 Å². The largest absolute Gasteiger partial charge is 0.300 e. The quantitative estimate of drug-likeness (QED) is 0.486. The van der Waals surface area contributed by atoms with Crippen LogP contribution >= 0.6 is 0 Å². The van der Waals surface area contributed by atoms with Gasteiger partial charge in [0.15, 0.2) is 0 Å². The summed E-state index contributed by atoms with van der Waals surface area (Å²) in [5.74, 6) is 0.0925. The molecule has 1 aliphatic rings. The maximum Gasteiger partial charge on any atom is 0.220 e. The van der Waals surface area contributed by atoms with Gasteiger partial charge in [-0.25, -0.2) is 0 Å². The van der Waals surface area contributed by atoms with E-state index in [4.69, 9.17) is 0 Å². The Labute approximate surface area is 77.5 Å². The van der Waals surface area contributed by atoms with Gasteiger partial charge >= 0.3 is 0 Å². The molecule has 1 atom stereocenters. The molecule has 0 saturated heterocycles. The number of carbonyl (C=O) groups excluding carboxylic acids is 1. The number of nitrogens with zero attached hydrogens (tertiary/aromatic N) is 1. The Kier molecular flexibility index (Phi) is 2.68. The maximum atomic E-state index is 11.1. The second-order valence-electron chi connectivity index (χ2n) is 4.24. The highest BCUT2D eigenvalue weighted by Gasteiger charge is 2.42. The molecule has 0 N–H and O–H groups in total. The lowest BCUT2D eigenvalue weighted by Crippen LogP contribution is -2.42. The summed E-state index contributed by atoms with van der Waals surface area (Å²) in [7, 11) is 0. The smallest absolute Gasteiger partial charge is 0.220 e. The number of Topliss-reactive ketones (excluding diaryl/α,β-unsaturated/α-hetero) is 1. The van der Waals surface area contributed by atoms with Gasteiger partial charge in [-0.3, -0.25) is 14.9 Å². The van der Waals surface area contributed by atoms with E-state index < -0.39 is 5.54 Å². The van der Waals surface area contributed by atoms with E-state index in [1.165, 1.54) is 0 Å². The minimum absolute atomic E-state index is 0.0799. The van der Waals surface area contributed by atoms with Crippen molar-refractivity contribution in [2.75, 3.05) is 0 Å². The molecule has 1 rings (SSSR count). The molecule has 0 aliphatic heterocycles. The summed E-state index contributed by atoms with van der Waals surface area (Å²) in [4.78, 5) is 21.6. The van der Waals surface area contributed by atoms with Crippen molar-refractivity contribution in [3.05, 3.63) is 10.1 Å². The predicted molar refractivity (Wildman–Crippen MR) is 48.0 cm³/mol. The Morgan fingerprint density at radius 3 is 2.62 bits per heavy atom. The first kappa shape index (κ1) is 10.2. The topological polar surface area (TPSA) is 60.2 Å². The molecule has 0 unspecified atom stereocenters. The van der Waals surface area contributed by atoms with Gasteiger partial charge in [0, 0.05) is 37.5 Å². The zero-order valence-corrected chi connectivity index (χ0v) is 8.08. The van der Waals surface area contributed by atoms with Crippen molar-refractivity contribution in [1.82, 2.24) is 0 Å². The average molecular weight is 185 g/mol. The van der Waals surface area contributed by atoms with E-state index in [2.05, 4.69) is 0 Å². The second kappa shape index (κ2) is 3.44. The number of rotatable bonds is 2. The first-order chi connectivity index (χ1) is 5.94. The SMILES string of the molecule is CC(C)([C@@H]1CCCC(=O)C1)[N+](=O)[O-]. The lowest BCUT2D eigenvalue weighted by molar-refractivity contribution is -0.571. The molecule has 1 saturated carbocycles. The van der Waals surface area contributed by atoms with Crippen molar-refractivity contribution < 1.29 is 9.72 Å². The van der Waals surface area contributed by atoms with E-state index in [1.807, 2.05) is 0 Å². The van der Waals surface area contributed by atoms with Crippen LogP contribution in [0.1, 0.15) is 39.5 Å². The third kappa shape index (κ3) is 2.05. The number of carbonyl (C=O) groups is 1. The normalized spacial score (nSPS) is 24.5. The van der Waals surface area contributed by atoms with Gasteiger partial charge in [0.05, 0.1) is 0 Å². The number of nitro groups is 1. The summed E-state index contributed by atoms with van der Waals surface area (Å²) in [5, 5.41) is 10.7. The molecule has 0 aromatic carbocycles. The zero-order chi connectivity index (χ0) is 10.1. The fraction of sp³-hybridized carbons (Fsp3) is 0.889. The third-order valence-electron chi connectivity index (χ3n) is 2.95. The number of ketones is 1. The predicted octanol–water partition coefficient (Wildman–Crippen LogP) is 1.80. The fourth-order valence-electron chi connectivity index (χ4n) is 1.78. The van der Waals surface area contributed by atoms with Crippen LogP contribution in [-0.4, -0.2) is 16.2 Å². The Morgan fingerprint density at radius 2 is 2.15 bits per heavy atom. The van der Waals surface area contributed by atoms with Crippen LogP contribution in [0.25, 0.3) is 0 Å². The summed E-state index contributed by atoms with van der Waals surface area (Å²) in [6, 6.07) is 0. The van der Waals surface area contributed by atoms with Crippen molar-refractivity contribution in [1.29, 1.82) is 0 Å². The molecule has 13 heavy (non-hydrogen) atoms. The highest BCUT2D eigenvalue weighted by atomic mass is 16.6. The lowest BCUT2D eigenvalue weighted by atomic mass is 9.76. The molecule has 74 valence electrons. The summed E-state index contributed by atoms with van der Waals surface area (Å²) in [6.45, 7) is 3.21. The molecule has 0 spiro atoms. The molecular weight excluding hydrogens is 170 g/mol. The van der Waals surface area contributed by atoms with Gasteiger partial charge in [-0.05, 0) is 12.8 Å². The minimum atomic E-state index is -0.948. The molecule has 0 bridgehead atoms. The van der Waals surface area contributed by atoms with E-state index in [0.717, 1.165) is 12.8 Å². The Bertz CT molecular complexity index is 235. The molecule has 4 heteroatoms. The molecule has 0 radical (unpaired) electrons. The van der Waals surface area contributed by atoms with E-state index in [9.17, 15) is 14.9 Å². The van der Waals surface area contributed by atoms with Crippen molar-refractivity contribution in [2.45, 2.75) is 45.1 Å². The van der Waals surface area contributed by atoms with Crippen LogP contribution in [0.5, 0.6) is 0 Å². The lowest BCUT2D eigenvalue weighted by Gasteiger charge is -2.28. The molecule has 1 fully saturated rings. The van der Waals surface area contributed by atoms with E-state index in [1.54, 1.807) is 13.8 Å². The summed E-state index contributed by atoms with van der Waals surface area (Å²) >= 11 is 0.